The minimum absolute atomic E-state index is 0.00539. The van der Waals surface area contributed by atoms with E-state index < -0.39 is 15.9 Å². The van der Waals surface area contributed by atoms with E-state index in [-0.39, 0.29) is 10.5 Å². The van der Waals surface area contributed by atoms with E-state index in [2.05, 4.69) is 10.0 Å². The first-order chi connectivity index (χ1) is 14.3. The van der Waals surface area contributed by atoms with Gasteiger partial charge in [0.15, 0.2) is 0 Å². The number of hydrogen-bond donors (Lipinski definition) is 2. The Morgan fingerprint density at radius 2 is 1.63 bits per heavy atom. The van der Waals surface area contributed by atoms with Crippen molar-refractivity contribution >= 4 is 38.9 Å². The molecule has 3 aromatic carbocycles. The molecule has 0 fully saturated rings. The fraction of sp³-hybridized carbons (Fsp3) is 0.0952. The summed E-state index contributed by atoms with van der Waals surface area (Å²) >= 11 is 5.97. The van der Waals surface area contributed by atoms with Crippen molar-refractivity contribution in [1.29, 1.82) is 0 Å². The van der Waals surface area contributed by atoms with Gasteiger partial charge in [0, 0.05) is 16.4 Å². The van der Waals surface area contributed by atoms with Gasteiger partial charge in [0.1, 0.15) is 11.5 Å². The molecule has 1 amide bonds. The van der Waals surface area contributed by atoms with Crippen molar-refractivity contribution in [3.8, 4) is 11.5 Å². The Hall–Kier alpha value is -3.23. The summed E-state index contributed by atoms with van der Waals surface area (Å²) in [5.41, 5.74) is 0.920. The van der Waals surface area contributed by atoms with Gasteiger partial charge < -0.3 is 14.8 Å². The molecule has 0 bridgehead atoms. The summed E-state index contributed by atoms with van der Waals surface area (Å²) in [6.45, 7) is 0. The maximum Gasteiger partial charge on any atom is 0.261 e. The molecule has 0 radical (unpaired) electrons. The number of hydrogen-bond acceptors (Lipinski definition) is 5. The third-order valence-corrected chi connectivity index (χ3v) is 5.76. The Kier molecular flexibility index (Phi) is 6.49. The van der Waals surface area contributed by atoms with Gasteiger partial charge in [-0.2, -0.15) is 0 Å². The van der Waals surface area contributed by atoms with Crippen LogP contribution in [0.15, 0.2) is 71.6 Å². The van der Waals surface area contributed by atoms with Gasteiger partial charge in [-0.25, -0.2) is 8.42 Å². The second-order valence-electron chi connectivity index (χ2n) is 6.16. The lowest BCUT2D eigenvalue weighted by molar-refractivity contribution is 0.102. The summed E-state index contributed by atoms with van der Waals surface area (Å²) in [5, 5.41) is 3.04. The number of anilines is 2. The molecule has 0 saturated carbocycles. The number of benzene rings is 3. The van der Waals surface area contributed by atoms with Crippen molar-refractivity contribution in [1.82, 2.24) is 0 Å². The molecule has 0 aliphatic heterocycles. The zero-order valence-corrected chi connectivity index (χ0v) is 17.8. The molecule has 0 heterocycles. The second kappa shape index (κ2) is 9.06. The first-order valence-corrected chi connectivity index (χ1v) is 10.6. The predicted molar refractivity (Wildman–Crippen MR) is 116 cm³/mol. The smallest absolute Gasteiger partial charge is 0.261 e. The molecule has 156 valence electrons. The quantitative estimate of drug-likeness (QED) is 0.560. The van der Waals surface area contributed by atoms with E-state index in [0.717, 1.165) is 0 Å². The first kappa shape index (κ1) is 21.5. The van der Waals surface area contributed by atoms with Crippen LogP contribution in [0.1, 0.15) is 10.4 Å². The minimum atomic E-state index is -3.86. The van der Waals surface area contributed by atoms with Crippen LogP contribution in [-0.2, 0) is 10.0 Å². The highest BCUT2D eigenvalue weighted by atomic mass is 35.5. The van der Waals surface area contributed by atoms with E-state index in [4.69, 9.17) is 21.1 Å². The van der Waals surface area contributed by atoms with Crippen LogP contribution in [0.3, 0.4) is 0 Å². The second-order valence-corrected chi connectivity index (χ2v) is 8.28. The first-order valence-electron chi connectivity index (χ1n) is 8.74. The lowest BCUT2D eigenvalue weighted by Gasteiger charge is -2.12. The number of carbonyl (C=O) groups is 1. The molecule has 3 aromatic rings. The van der Waals surface area contributed by atoms with Crippen molar-refractivity contribution in [2.75, 3.05) is 24.3 Å². The molecule has 2 N–H and O–H groups in total. The molecule has 0 spiro atoms. The van der Waals surface area contributed by atoms with Gasteiger partial charge in [0.2, 0.25) is 0 Å². The number of nitrogens with one attached hydrogen (secondary N) is 2. The summed E-state index contributed by atoms with van der Waals surface area (Å²) in [6.07, 6.45) is 0. The Bertz CT molecular complexity index is 1160. The lowest BCUT2D eigenvalue weighted by Crippen LogP contribution is -2.15. The maximum absolute atomic E-state index is 12.7. The Labute approximate surface area is 179 Å². The van der Waals surface area contributed by atoms with E-state index in [0.29, 0.717) is 27.9 Å². The van der Waals surface area contributed by atoms with Gasteiger partial charge in [0.05, 0.1) is 24.7 Å². The standard InChI is InChI=1S/C21H19ClN2O5S/c1-28-17-9-7-15(8-10-17)24-30(26,27)18-5-3-4-16(13-18)23-21(25)19-12-14(22)6-11-20(19)29-2/h3-13,24H,1-2H3,(H,23,25). The van der Waals surface area contributed by atoms with Crippen molar-refractivity contribution in [3.63, 3.8) is 0 Å². The molecule has 0 atom stereocenters. The zero-order valence-electron chi connectivity index (χ0n) is 16.2. The van der Waals surface area contributed by atoms with Crippen LogP contribution < -0.4 is 19.5 Å². The van der Waals surface area contributed by atoms with E-state index in [1.165, 1.54) is 38.5 Å². The largest absolute Gasteiger partial charge is 0.497 e. The molecule has 7 nitrogen and oxygen atoms in total. The van der Waals surface area contributed by atoms with E-state index in [1.807, 2.05) is 0 Å². The number of halogens is 1. The Balaban J connectivity index is 1.81. The summed E-state index contributed by atoms with van der Waals surface area (Å²) in [5.74, 6) is 0.480. The van der Waals surface area contributed by atoms with Crippen LogP contribution >= 0.6 is 11.6 Å². The number of ether oxygens (including phenoxy) is 2. The topological polar surface area (TPSA) is 93.7 Å². The van der Waals surface area contributed by atoms with E-state index in [9.17, 15) is 13.2 Å². The fourth-order valence-electron chi connectivity index (χ4n) is 2.67. The highest BCUT2D eigenvalue weighted by Gasteiger charge is 2.17. The van der Waals surface area contributed by atoms with Gasteiger partial charge in [-0.1, -0.05) is 17.7 Å². The molecular weight excluding hydrogens is 428 g/mol. The van der Waals surface area contributed by atoms with Crippen LogP contribution in [-0.4, -0.2) is 28.5 Å². The van der Waals surface area contributed by atoms with Crippen LogP contribution in [0.2, 0.25) is 5.02 Å². The molecule has 0 aromatic heterocycles. The highest BCUT2D eigenvalue weighted by Crippen LogP contribution is 2.25. The van der Waals surface area contributed by atoms with Crippen molar-refractivity contribution in [2.45, 2.75) is 4.90 Å². The van der Waals surface area contributed by atoms with Crippen molar-refractivity contribution < 1.29 is 22.7 Å². The van der Waals surface area contributed by atoms with Crippen LogP contribution in [0, 0.1) is 0 Å². The number of rotatable bonds is 7. The summed E-state index contributed by atoms with van der Waals surface area (Å²) in [6, 6.07) is 17.0. The third kappa shape index (κ3) is 5.03. The molecule has 0 unspecified atom stereocenters. The summed E-state index contributed by atoms with van der Waals surface area (Å²) in [7, 11) is -0.895. The van der Waals surface area contributed by atoms with Gasteiger partial charge in [-0.15, -0.1) is 0 Å². The molecule has 9 heteroatoms. The van der Waals surface area contributed by atoms with E-state index in [1.54, 1.807) is 42.5 Å². The van der Waals surface area contributed by atoms with Crippen LogP contribution in [0.5, 0.6) is 11.5 Å². The summed E-state index contributed by atoms with van der Waals surface area (Å²) < 4.78 is 38.2. The van der Waals surface area contributed by atoms with Crippen LogP contribution in [0.25, 0.3) is 0 Å². The lowest BCUT2D eigenvalue weighted by atomic mass is 10.2. The Morgan fingerprint density at radius 3 is 2.30 bits per heavy atom. The highest BCUT2D eigenvalue weighted by molar-refractivity contribution is 7.92. The molecule has 0 aliphatic rings. The van der Waals surface area contributed by atoms with Gasteiger partial charge in [-0.3, -0.25) is 9.52 Å². The van der Waals surface area contributed by atoms with Gasteiger partial charge >= 0.3 is 0 Å². The molecular formula is C21H19ClN2O5S. The average molecular weight is 447 g/mol. The maximum atomic E-state index is 12.7. The summed E-state index contributed by atoms with van der Waals surface area (Å²) in [4.78, 5) is 12.6. The minimum Gasteiger partial charge on any atom is -0.497 e. The zero-order chi connectivity index (χ0) is 21.7. The third-order valence-electron chi connectivity index (χ3n) is 4.15. The van der Waals surface area contributed by atoms with Crippen molar-refractivity contribution in [2.24, 2.45) is 0 Å². The number of sulfonamides is 1. The fourth-order valence-corrected chi connectivity index (χ4v) is 3.95. The monoisotopic (exact) mass is 446 g/mol. The molecule has 30 heavy (non-hydrogen) atoms. The average Bonchev–Trinajstić information content (AvgIpc) is 2.74. The number of carbonyl (C=O) groups excluding carboxylic acids is 1. The normalized spacial score (nSPS) is 10.9. The SMILES string of the molecule is COc1ccc(NS(=O)(=O)c2cccc(NC(=O)c3cc(Cl)ccc3OC)c2)cc1. The van der Waals surface area contributed by atoms with Crippen LogP contribution in [0.4, 0.5) is 11.4 Å². The molecule has 3 rings (SSSR count). The molecule has 0 aliphatic carbocycles. The van der Waals surface area contributed by atoms with Gasteiger partial charge in [0.25, 0.3) is 15.9 Å². The number of amides is 1. The molecule has 0 saturated heterocycles. The van der Waals surface area contributed by atoms with Crippen molar-refractivity contribution in [3.05, 3.63) is 77.3 Å². The number of methoxy groups -OCH3 is 2. The Morgan fingerprint density at radius 1 is 0.900 bits per heavy atom. The predicted octanol–water partition coefficient (Wildman–Crippen LogP) is 4.41. The van der Waals surface area contributed by atoms with E-state index >= 15 is 0 Å². The van der Waals surface area contributed by atoms with Gasteiger partial charge in [-0.05, 0) is 60.7 Å².